The van der Waals surface area contributed by atoms with Crippen molar-refractivity contribution in [1.82, 2.24) is 4.98 Å². The zero-order valence-corrected chi connectivity index (χ0v) is 10.3. The lowest BCUT2D eigenvalue weighted by Gasteiger charge is -2.17. The van der Waals surface area contributed by atoms with Crippen molar-refractivity contribution in [2.75, 3.05) is 6.26 Å². The summed E-state index contributed by atoms with van der Waals surface area (Å²) >= 11 is 0. The molecule has 1 aromatic rings. The molecule has 1 rings (SSSR count). The molecule has 1 heterocycles. The van der Waals surface area contributed by atoms with E-state index in [2.05, 4.69) is 4.98 Å². The highest BCUT2D eigenvalue weighted by Crippen LogP contribution is 2.29. The highest BCUT2D eigenvalue weighted by molar-refractivity contribution is 7.91. The predicted octanol–water partition coefficient (Wildman–Crippen LogP) is 0.961. The van der Waals surface area contributed by atoms with Crippen LogP contribution in [0.25, 0.3) is 0 Å². The molecule has 0 bridgehead atoms. The highest BCUT2D eigenvalue weighted by Gasteiger charge is 2.38. The van der Waals surface area contributed by atoms with Crippen LogP contribution in [0.15, 0.2) is 4.42 Å². The Kier molecular flexibility index (Phi) is 2.84. The first-order valence-electron chi connectivity index (χ1n) is 4.48. The minimum absolute atomic E-state index is 0.107. The van der Waals surface area contributed by atoms with Gasteiger partial charge in [0.2, 0.25) is 11.7 Å². The fourth-order valence-electron chi connectivity index (χ4n) is 1.01. The number of sulfone groups is 1. The number of carboxylic acid groups (broad SMARTS) is 1. The van der Waals surface area contributed by atoms with Crippen molar-refractivity contribution in [3.05, 3.63) is 17.3 Å². The molecule has 1 N–H and O–H groups in total. The van der Waals surface area contributed by atoms with Crippen LogP contribution in [0.5, 0.6) is 0 Å². The molecule has 0 aromatic carbocycles. The van der Waals surface area contributed by atoms with Crippen LogP contribution in [0.4, 0.5) is 0 Å². The maximum absolute atomic E-state index is 11.5. The van der Waals surface area contributed by atoms with E-state index >= 15 is 0 Å². The van der Waals surface area contributed by atoms with E-state index in [0.717, 1.165) is 6.26 Å². The Hall–Kier alpha value is -1.37. The van der Waals surface area contributed by atoms with Gasteiger partial charge in [0.25, 0.3) is 0 Å². The summed E-state index contributed by atoms with van der Waals surface area (Å²) in [6, 6.07) is 0. The zero-order chi connectivity index (χ0) is 12.7. The first-order chi connectivity index (χ1) is 7.07. The van der Waals surface area contributed by atoms with Crippen molar-refractivity contribution in [2.24, 2.45) is 0 Å². The van der Waals surface area contributed by atoms with E-state index < -0.39 is 20.6 Å². The number of carbonyl (C=O) groups is 1. The number of nitrogens with zero attached hydrogens (tertiary/aromatic N) is 1. The van der Waals surface area contributed by atoms with E-state index in [0.29, 0.717) is 0 Å². The summed E-state index contributed by atoms with van der Waals surface area (Å²) in [5.41, 5.74) is 0.166. The van der Waals surface area contributed by atoms with Gasteiger partial charge in [-0.15, -0.1) is 0 Å². The molecule has 90 valence electrons. The van der Waals surface area contributed by atoms with Gasteiger partial charge in [-0.3, -0.25) is 0 Å². The number of oxazole rings is 1. The van der Waals surface area contributed by atoms with Gasteiger partial charge in [0.1, 0.15) is 4.75 Å². The van der Waals surface area contributed by atoms with Gasteiger partial charge in [0.05, 0.1) is 5.69 Å². The van der Waals surface area contributed by atoms with Crippen molar-refractivity contribution in [3.8, 4) is 0 Å². The van der Waals surface area contributed by atoms with Gasteiger partial charge in [-0.05, 0) is 20.8 Å². The van der Waals surface area contributed by atoms with Gasteiger partial charge in [-0.25, -0.2) is 18.2 Å². The van der Waals surface area contributed by atoms with E-state index in [9.17, 15) is 13.2 Å². The molecule has 0 atom stereocenters. The van der Waals surface area contributed by atoms with Crippen LogP contribution in [0.2, 0.25) is 0 Å². The van der Waals surface area contributed by atoms with Gasteiger partial charge in [0, 0.05) is 6.26 Å². The summed E-state index contributed by atoms with van der Waals surface area (Å²) in [5.74, 6) is -1.70. The molecule has 1 aromatic heterocycles. The summed E-state index contributed by atoms with van der Waals surface area (Å²) in [6.45, 7) is 4.29. The Labute approximate surface area is 93.2 Å². The summed E-state index contributed by atoms with van der Waals surface area (Å²) in [4.78, 5) is 14.6. The average Bonchev–Trinajstić information content (AvgIpc) is 2.45. The monoisotopic (exact) mass is 247 g/mol. The number of hydrogen-bond donors (Lipinski definition) is 1. The number of carboxylic acids is 1. The van der Waals surface area contributed by atoms with E-state index in [1.54, 1.807) is 0 Å². The SMILES string of the molecule is Cc1nc(C(C)(C)S(C)(=O)=O)oc1C(=O)O. The van der Waals surface area contributed by atoms with Gasteiger partial charge in [-0.2, -0.15) is 0 Å². The quantitative estimate of drug-likeness (QED) is 0.854. The van der Waals surface area contributed by atoms with Crippen molar-refractivity contribution < 1.29 is 22.7 Å². The van der Waals surface area contributed by atoms with E-state index in [1.807, 2.05) is 0 Å². The van der Waals surface area contributed by atoms with Gasteiger partial charge in [-0.1, -0.05) is 0 Å². The smallest absolute Gasteiger partial charge is 0.373 e. The van der Waals surface area contributed by atoms with Crippen LogP contribution in [0, 0.1) is 6.92 Å². The van der Waals surface area contributed by atoms with Crippen molar-refractivity contribution >= 4 is 15.8 Å². The van der Waals surface area contributed by atoms with Crippen molar-refractivity contribution in [3.63, 3.8) is 0 Å². The topological polar surface area (TPSA) is 97.5 Å². The molecule has 0 unspecified atom stereocenters. The molecule has 0 aliphatic heterocycles. The van der Waals surface area contributed by atoms with Gasteiger partial charge >= 0.3 is 5.97 Å². The summed E-state index contributed by atoms with van der Waals surface area (Å²) < 4.78 is 26.6. The van der Waals surface area contributed by atoms with Crippen LogP contribution >= 0.6 is 0 Å². The molecule has 0 aliphatic rings. The molecule has 0 amide bonds. The van der Waals surface area contributed by atoms with Crippen molar-refractivity contribution in [1.29, 1.82) is 0 Å². The van der Waals surface area contributed by atoms with Gasteiger partial charge in [0.15, 0.2) is 9.84 Å². The predicted molar refractivity (Wildman–Crippen MR) is 56.1 cm³/mol. The second-order valence-corrected chi connectivity index (χ2v) is 6.59. The van der Waals surface area contributed by atoms with Crippen LogP contribution in [-0.2, 0) is 14.6 Å². The molecule has 16 heavy (non-hydrogen) atoms. The first-order valence-corrected chi connectivity index (χ1v) is 6.37. The molecule has 0 saturated heterocycles. The highest BCUT2D eigenvalue weighted by atomic mass is 32.2. The third-order valence-electron chi connectivity index (χ3n) is 2.43. The Morgan fingerprint density at radius 3 is 2.25 bits per heavy atom. The second kappa shape index (κ2) is 3.58. The maximum atomic E-state index is 11.5. The first kappa shape index (κ1) is 12.7. The largest absolute Gasteiger partial charge is 0.475 e. The number of aryl methyl sites for hydroxylation is 1. The molecule has 0 spiro atoms. The zero-order valence-electron chi connectivity index (χ0n) is 9.44. The van der Waals surface area contributed by atoms with Crippen LogP contribution < -0.4 is 0 Å². The molecule has 7 heteroatoms. The normalized spacial score (nSPS) is 12.8. The fourth-order valence-corrected chi connectivity index (χ4v) is 1.42. The minimum Gasteiger partial charge on any atom is -0.475 e. The van der Waals surface area contributed by atoms with Crippen LogP contribution in [-0.4, -0.2) is 30.7 Å². The molecule has 0 aliphatic carbocycles. The summed E-state index contributed by atoms with van der Waals surface area (Å²) in [6.07, 6.45) is 1.05. The van der Waals surface area contributed by atoms with Crippen LogP contribution in [0.1, 0.15) is 36.0 Å². The number of aromatic nitrogens is 1. The third kappa shape index (κ3) is 1.95. The average molecular weight is 247 g/mol. The second-order valence-electron chi connectivity index (χ2n) is 4.02. The lowest BCUT2D eigenvalue weighted by atomic mass is 10.2. The standard InChI is InChI=1S/C9H13NO5S/c1-5-6(7(11)12)15-8(10-5)9(2,3)16(4,13)14/h1-4H3,(H,11,12). The lowest BCUT2D eigenvalue weighted by Crippen LogP contribution is -2.28. The van der Waals surface area contributed by atoms with E-state index in [-0.39, 0.29) is 17.3 Å². The number of aromatic carboxylic acids is 1. The van der Waals surface area contributed by atoms with E-state index in [1.165, 1.54) is 20.8 Å². The lowest BCUT2D eigenvalue weighted by molar-refractivity contribution is 0.0658. The number of rotatable bonds is 3. The Balaban J connectivity index is 3.37. The molecular formula is C9H13NO5S. The van der Waals surface area contributed by atoms with Crippen molar-refractivity contribution in [2.45, 2.75) is 25.5 Å². The Morgan fingerprint density at radius 1 is 1.44 bits per heavy atom. The molecule has 0 fully saturated rings. The molecule has 6 nitrogen and oxygen atoms in total. The van der Waals surface area contributed by atoms with Gasteiger partial charge < -0.3 is 9.52 Å². The Morgan fingerprint density at radius 2 is 1.94 bits per heavy atom. The van der Waals surface area contributed by atoms with Crippen LogP contribution in [0.3, 0.4) is 0 Å². The molecule has 0 radical (unpaired) electrons. The number of hydrogen-bond acceptors (Lipinski definition) is 5. The third-order valence-corrected chi connectivity index (χ3v) is 4.46. The minimum atomic E-state index is -3.43. The Bertz CT molecular complexity index is 526. The van der Waals surface area contributed by atoms with E-state index in [4.69, 9.17) is 9.52 Å². The summed E-state index contributed by atoms with van der Waals surface area (Å²) in [5, 5.41) is 8.76. The fraction of sp³-hybridized carbons (Fsp3) is 0.556. The summed E-state index contributed by atoms with van der Waals surface area (Å²) in [7, 11) is -3.43. The molecular weight excluding hydrogens is 234 g/mol. The molecule has 0 saturated carbocycles. The maximum Gasteiger partial charge on any atom is 0.373 e.